The fourth-order valence-corrected chi connectivity index (χ4v) is 2.63. The molecule has 2 rings (SSSR count). The van der Waals surface area contributed by atoms with Gasteiger partial charge in [-0.1, -0.05) is 6.92 Å². The van der Waals surface area contributed by atoms with E-state index in [1.54, 1.807) is 11.3 Å². The molecule has 1 aliphatic heterocycles. The molecule has 84 valence electrons. The van der Waals surface area contributed by atoms with Gasteiger partial charge in [0.1, 0.15) is 0 Å². The van der Waals surface area contributed by atoms with Crippen molar-refractivity contribution >= 4 is 11.3 Å². The third-order valence-electron chi connectivity index (χ3n) is 3.08. The van der Waals surface area contributed by atoms with Gasteiger partial charge in [0.05, 0.1) is 5.51 Å². The van der Waals surface area contributed by atoms with Crippen molar-refractivity contribution in [1.82, 2.24) is 15.6 Å². The van der Waals surface area contributed by atoms with Crippen LogP contribution in [0, 0.1) is 5.92 Å². The molecule has 15 heavy (non-hydrogen) atoms. The van der Waals surface area contributed by atoms with Crippen LogP contribution in [0.2, 0.25) is 0 Å². The first-order valence-electron chi connectivity index (χ1n) is 5.67. The number of rotatable bonds is 4. The van der Waals surface area contributed by atoms with Crippen molar-refractivity contribution < 1.29 is 0 Å². The average molecular weight is 225 g/mol. The molecule has 0 saturated carbocycles. The topological polar surface area (TPSA) is 37.0 Å². The Kier molecular flexibility index (Phi) is 4.11. The van der Waals surface area contributed by atoms with Crippen molar-refractivity contribution in [3.8, 4) is 0 Å². The van der Waals surface area contributed by atoms with Crippen LogP contribution in [0.15, 0.2) is 11.7 Å². The van der Waals surface area contributed by atoms with Gasteiger partial charge in [-0.3, -0.25) is 4.98 Å². The van der Waals surface area contributed by atoms with Crippen LogP contribution in [0.1, 0.15) is 24.6 Å². The van der Waals surface area contributed by atoms with E-state index in [0.29, 0.717) is 6.04 Å². The maximum atomic E-state index is 4.07. The van der Waals surface area contributed by atoms with Crippen LogP contribution in [0.25, 0.3) is 0 Å². The molecule has 1 aromatic heterocycles. The second-order valence-corrected chi connectivity index (χ2v) is 5.25. The maximum Gasteiger partial charge on any atom is 0.0794 e. The number of hydrogen-bond acceptors (Lipinski definition) is 4. The van der Waals surface area contributed by atoms with E-state index in [1.807, 2.05) is 11.7 Å². The quantitative estimate of drug-likeness (QED) is 0.817. The van der Waals surface area contributed by atoms with Crippen molar-refractivity contribution in [2.75, 3.05) is 13.1 Å². The summed E-state index contributed by atoms with van der Waals surface area (Å²) < 4.78 is 0. The highest BCUT2D eigenvalue weighted by atomic mass is 32.1. The summed E-state index contributed by atoms with van der Waals surface area (Å²) in [6.07, 6.45) is 4.63. The van der Waals surface area contributed by atoms with Gasteiger partial charge < -0.3 is 10.6 Å². The van der Waals surface area contributed by atoms with Gasteiger partial charge in [-0.15, -0.1) is 11.3 Å². The number of aromatic nitrogens is 1. The van der Waals surface area contributed by atoms with Gasteiger partial charge in [0, 0.05) is 30.2 Å². The molecule has 1 saturated heterocycles. The molecule has 1 aliphatic rings. The third kappa shape index (κ3) is 3.26. The number of thiazole rings is 1. The molecule has 2 heterocycles. The van der Waals surface area contributed by atoms with E-state index in [0.717, 1.165) is 19.0 Å². The van der Waals surface area contributed by atoms with Gasteiger partial charge in [-0.25, -0.2) is 0 Å². The molecule has 0 amide bonds. The Balaban J connectivity index is 1.68. The van der Waals surface area contributed by atoms with E-state index >= 15 is 0 Å². The maximum absolute atomic E-state index is 4.07. The Morgan fingerprint density at radius 1 is 1.67 bits per heavy atom. The van der Waals surface area contributed by atoms with E-state index in [4.69, 9.17) is 0 Å². The Morgan fingerprint density at radius 3 is 3.33 bits per heavy atom. The summed E-state index contributed by atoms with van der Waals surface area (Å²) in [5.74, 6) is 0.799. The largest absolute Gasteiger partial charge is 0.312 e. The zero-order chi connectivity index (χ0) is 10.5. The summed E-state index contributed by atoms with van der Waals surface area (Å²) in [5, 5.41) is 7.07. The standard InChI is InChI=1S/C11H19N3S/c1-9-3-2-4-14-11(9)7-12-5-10-6-13-8-15-10/h6,8-9,11-12,14H,2-5,7H2,1H3. The van der Waals surface area contributed by atoms with Crippen molar-refractivity contribution in [3.05, 3.63) is 16.6 Å². The van der Waals surface area contributed by atoms with E-state index < -0.39 is 0 Å². The highest BCUT2D eigenvalue weighted by Crippen LogP contribution is 2.15. The molecule has 0 bridgehead atoms. The predicted octanol–water partition coefficient (Wildman–Crippen LogP) is 1.62. The molecule has 0 radical (unpaired) electrons. The van der Waals surface area contributed by atoms with Gasteiger partial charge in [-0.2, -0.15) is 0 Å². The lowest BCUT2D eigenvalue weighted by molar-refractivity contribution is 0.290. The van der Waals surface area contributed by atoms with Gasteiger partial charge >= 0.3 is 0 Å². The number of nitrogens with zero attached hydrogens (tertiary/aromatic N) is 1. The Hall–Kier alpha value is -0.450. The van der Waals surface area contributed by atoms with Crippen LogP contribution in [0.3, 0.4) is 0 Å². The molecular weight excluding hydrogens is 206 g/mol. The molecule has 2 N–H and O–H groups in total. The van der Waals surface area contributed by atoms with E-state index in [9.17, 15) is 0 Å². The first-order valence-corrected chi connectivity index (χ1v) is 6.55. The molecule has 2 unspecified atom stereocenters. The van der Waals surface area contributed by atoms with Crippen LogP contribution in [0.4, 0.5) is 0 Å². The summed E-state index contributed by atoms with van der Waals surface area (Å²) in [6.45, 7) is 5.54. The van der Waals surface area contributed by atoms with E-state index in [1.165, 1.54) is 24.3 Å². The van der Waals surface area contributed by atoms with Crippen LogP contribution in [0.5, 0.6) is 0 Å². The van der Waals surface area contributed by atoms with Crippen LogP contribution < -0.4 is 10.6 Å². The summed E-state index contributed by atoms with van der Waals surface area (Å²) in [6, 6.07) is 0.645. The minimum absolute atomic E-state index is 0.645. The smallest absolute Gasteiger partial charge is 0.0794 e. The molecule has 4 heteroatoms. The van der Waals surface area contributed by atoms with Gasteiger partial charge in [0.25, 0.3) is 0 Å². The SMILES string of the molecule is CC1CCCNC1CNCc1cncs1. The number of piperidine rings is 1. The molecule has 3 nitrogen and oxygen atoms in total. The second-order valence-electron chi connectivity index (χ2n) is 4.28. The lowest BCUT2D eigenvalue weighted by Crippen LogP contribution is -2.46. The minimum atomic E-state index is 0.645. The minimum Gasteiger partial charge on any atom is -0.312 e. The van der Waals surface area contributed by atoms with Crippen LogP contribution >= 0.6 is 11.3 Å². The normalized spacial score (nSPS) is 26.7. The first kappa shape index (κ1) is 11.0. The van der Waals surface area contributed by atoms with Gasteiger partial charge in [0.2, 0.25) is 0 Å². The molecule has 1 aromatic rings. The van der Waals surface area contributed by atoms with E-state index in [2.05, 4.69) is 22.5 Å². The zero-order valence-electron chi connectivity index (χ0n) is 9.20. The molecule has 0 aromatic carbocycles. The average Bonchev–Trinajstić information content (AvgIpc) is 2.74. The van der Waals surface area contributed by atoms with Crippen LogP contribution in [-0.4, -0.2) is 24.1 Å². The first-order chi connectivity index (χ1) is 7.36. The Labute approximate surface area is 95.3 Å². The molecule has 2 atom stereocenters. The highest BCUT2D eigenvalue weighted by molar-refractivity contribution is 7.09. The van der Waals surface area contributed by atoms with Gasteiger partial charge in [-0.05, 0) is 25.3 Å². The van der Waals surface area contributed by atoms with Crippen molar-refractivity contribution in [2.45, 2.75) is 32.4 Å². The number of hydrogen-bond donors (Lipinski definition) is 2. The van der Waals surface area contributed by atoms with Crippen molar-refractivity contribution in [1.29, 1.82) is 0 Å². The third-order valence-corrected chi connectivity index (χ3v) is 3.86. The molecule has 0 aliphatic carbocycles. The number of nitrogens with one attached hydrogen (secondary N) is 2. The molecule has 1 fully saturated rings. The lowest BCUT2D eigenvalue weighted by atomic mass is 9.93. The van der Waals surface area contributed by atoms with Crippen molar-refractivity contribution in [3.63, 3.8) is 0 Å². The predicted molar refractivity (Wildman–Crippen MR) is 64.0 cm³/mol. The zero-order valence-corrected chi connectivity index (χ0v) is 10.0. The highest BCUT2D eigenvalue weighted by Gasteiger charge is 2.19. The summed E-state index contributed by atoms with van der Waals surface area (Å²) in [4.78, 5) is 5.38. The summed E-state index contributed by atoms with van der Waals surface area (Å²) in [7, 11) is 0. The fourth-order valence-electron chi connectivity index (χ4n) is 2.07. The monoisotopic (exact) mass is 225 g/mol. The lowest BCUT2D eigenvalue weighted by Gasteiger charge is -2.30. The van der Waals surface area contributed by atoms with E-state index in [-0.39, 0.29) is 0 Å². The van der Waals surface area contributed by atoms with Gasteiger partial charge in [0.15, 0.2) is 0 Å². The summed E-state index contributed by atoms with van der Waals surface area (Å²) in [5.41, 5.74) is 1.89. The van der Waals surface area contributed by atoms with Crippen LogP contribution in [-0.2, 0) is 6.54 Å². The molecule has 0 spiro atoms. The summed E-state index contributed by atoms with van der Waals surface area (Å²) >= 11 is 1.72. The fraction of sp³-hybridized carbons (Fsp3) is 0.727. The molecular formula is C11H19N3S. The second kappa shape index (κ2) is 5.58. The Morgan fingerprint density at radius 2 is 2.60 bits per heavy atom. The van der Waals surface area contributed by atoms with Crippen molar-refractivity contribution in [2.24, 2.45) is 5.92 Å². The Bertz CT molecular complexity index is 273.